The zero-order valence-corrected chi connectivity index (χ0v) is 18.5. The molecule has 1 aromatic heterocycles. The predicted octanol–water partition coefficient (Wildman–Crippen LogP) is 3.68. The maximum atomic E-state index is 12.9. The molecule has 0 unspecified atom stereocenters. The highest BCUT2D eigenvalue weighted by Gasteiger charge is 2.27. The first-order chi connectivity index (χ1) is 14.4. The number of hydrogen-bond donors (Lipinski definition) is 0. The molecule has 0 spiro atoms. The number of hydrogen-bond acceptors (Lipinski definition) is 4. The van der Waals surface area contributed by atoms with Crippen LogP contribution in [0.4, 0.5) is 5.69 Å². The number of fused-ring (bicyclic) bond motifs is 1. The summed E-state index contributed by atoms with van der Waals surface area (Å²) in [6.45, 7) is 6.52. The fourth-order valence-corrected chi connectivity index (χ4v) is 5.01. The number of carbonyl (C=O) groups is 1. The Morgan fingerprint density at radius 2 is 1.83 bits per heavy atom. The minimum Gasteiger partial charge on any atom is -0.365 e. The van der Waals surface area contributed by atoms with Crippen molar-refractivity contribution >= 4 is 34.3 Å². The van der Waals surface area contributed by atoms with Crippen LogP contribution in [-0.4, -0.2) is 46.8 Å². The maximum absolute atomic E-state index is 12.9. The third-order valence-corrected chi connectivity index (χ3v) is 6.85. The van der Waals surface area contributed by atoms with Crippen LogP contribution in [0.15, 0.2) is 64.3 Å². The van der Waals surface area contributed by atoms with E-state index in [0.29, 0.717) is 12.3 Å². The van der Waals surface area contributed by atoms with Crippen molar-refractivity contribution in [3.8, 4) is 0 Å². The van der Waals surface area contributed by atoms with E-state index < -0.39 is 0 Å². The van der Waals surface area contributed by atoms with E-state index in [9.17, 15) is 9.59 Å². The van der Waals surface area contributed by atoms with Gasteiger partial charge in [-0.05, 0) is 32.0 Å². The first-order valence-electron chi connectivity index (χ1n) is 10.3. The molecule has 156 valence electrons. The van der Waals surface area contributed by atoms with Gasteiger partial charge in [-0.25, -0.2) is 0 Å². The highest BCUT2D eigenvalue weighted by Crippen LogP contribution is 2.27. The lowest BCUT2D eigenvalue weighted by atomic mass is 10.1. The van der Waals surface area contributed by atoms with Crippen LogP contribution in [0.2, 0.25) is 0 Å². The quantitative estimate of drug-likeness (QED) is 0.603. The molecular weight excluding hydrogens is 394 g/mol. The number of para-hydroxylation sites is 1. The molecule has 0 N–H and O–H groups in total. The summed E-state index contributed by atoms with van der Waals surface area (Å²) in [7, 11) is 1.78. The van der Waals surface area contributed by atoms with E-state index >= 15 is 0 Å². The molecule has 1 amide bonds. The van der Waals surface area contributed by atoms with Gasteiger partial charge in [0, 0.05) is 54.8 Å². The lowest BCUT2D eigenvalue weighted by Crippen LogP contribution is -2.54. The Kier molecular flexibility index (Phi) is 5.86. The van der Waals surface area contributed by atoms with Crippen molar-refractivity contribution in [2.45, 2.75) is 24.8 Å². The standard InChI is InChI=1S/C24H27N3O2S/c1-17-8-10-19(11-9-17)27-13-12-26(15-18(27)2)24(29)16-30-22-14-23(28)25(3)21-7-5-4-6-20(21)22/h4-11,14,18H,12-13,15-16H2,1-3H3/t18-/m0/s1. The molecule has 1 saturated heterocycles. The maximum Gasteiger partial charge on any atom is 0.251 e. The van der Waals surface area contributed by atoms with Gasteiger partial charge in [0.05, 0.1) is 11.3 Å². The smallest absolute Gasteiger partial charge is 0.251 e. The number of piperazine rings is 1. The molecule has 0 saturated carbocycles. The van der Waals surface area contributed by atoms with Crippen LogP contribution >= 0.6 is 11.8 Å². The van der Waals surface area contributed by atoms with Gasteiger partial charge in [0.1, 0.15) is 0 Å². The molecule has 6 heteroatoms. The minimum absolute atomic E-state index is 0.0519. The number of aryl methyl sites for hydroxylation is 2. The Morgan fingerprint density at radius 3 is 2.57 bits per heavy atom. The molecule has 5 nitrogen and oxygen atoms in total. The number of aromatic nitrogens is 1. The summed E-state index contributed by atoms with van der Waals surface area (Å²) in [6.07, 6.45) is 0. The largest absolute Gasteiger partial charge is 0.365 e. The van der Waals surface area contributed by atoms with Gasteiger partial charge in [-0.3, -0.25) is 9.59 Å². The fraction of sp³-hybridized carbons (Fsp3) is 0.333. The van der Waals surface area contributed by atoms with Gasteiger partial charge in [-0.1, -0.05) is 35.9 Å². The summed E-state index contributed by atoms with van der Waals surface area (Å²) < 4.78 is 1.65. The molecule has 0 bridgehead atoms. The van der Waals surface area contributed by atoms with Crippen LogP contribution in [0, 0.1) is 6.92 Å². The molecule has 1 atom stereocenters. The molecule has 2 aromatic carbocycles. The second-order valence-electron chi connectivity index (χ2n) is 7.93. The third-order valence-electron chi connectivity index (χ3n) is 5.81. The van der Waals surface area contributed by atoms with Crippen molar-refractivity contribution in [2.75, 3.05) is 30.3 Å². The zero-order chi connectivity index (χ0) is 21.3. The van der Waals surface area contributed by atoms with Gasteiger partial charge in [-0.2, -0.15) is 0 Å². The normalized spacial score (nSPS) is 16.8. The molecular formula is C24H27N3O2S. The van der Waals surface area contributed by atoms with Crippen molar-refractivity contribution in [1.82, 2.24) is 9.47 Å². The summed E-state index contributed by atoms with van der Waals surface area (Å²) in [5.41, 5.74) is 3.30. The van der Waals surface area contributed by atoms with Gasteiger partial charge in [0.2, 0.25) is 5.91 Å². The number of rotatable bonds is 4. The molecule has 1 fully saturated rings. The number of thioether (sulfide) groups is 1. The van der Waals surface area contributed by atoms with Gasteiger partial charge in [-0.15, -0.1) is 11.8 Å². The van der Waals surface area contributed by atoms with Crippen molar-refractivity contribution in [2.24, 2.45) is 7.05 Å². The average molecular weight is 422 g/mol. The van der Waals surface area contributed by atoms with Crippen LogP contribution < -0.4 is 10.5 Å². The Balaban J connectivity index is 1.42. The monoisotopic (exact) mass is 421 g/mol. The number of pyridine rings is 1. The topological polar surface area (TPSA) is 45.6 Å². The van der Waals surface area contributed by atoms with E-state index in [1.165, 1.54) is 23.0 Å². The van der Waals surface area contributed by atoms with Gasteiger partial charge < -0.3 is 14.4 Å². The number of carbonyl (C=O) groups excluding carboxylic acids is 1. The van der Waals surface area contributed by atoms with Crippen molar-refractivity contribution in [3.05, 3.63) is 70.5 Å². The Morgan fingerprint density at radius 1 is 1.10 bits per heavy atom. The summed E-state index contributed by atoms with van der Waals surface area (Å²) in [6, 6.07) is 18.3. The first-order valence-corrected chi connectivity index (χ1v) is 11.3. The molecule has 30 heavy (non-hydrogen) atoms. The van der Waals surface area contributed by atoms with Crippen molar-refractivity contribution in [3.63, 3.8) is 0 Å². The summed E-state index contributed by atoms with van der Waals surface area (Å²) in [4.78, 5) is 30.4. The number of benzene rings is 2. The van der Waals surface area contributed by atoms with E-state index in [2.05, 4.69) is 43.0 Å². The second kappa shape index (κ2) is 8.56. The van der Waals surface area contributed by atoms with Crippen LogP contribution in [0.3, 0.4) is 0 Å². The highest BCUT2D eigenvalue weighted by atomic mass is 32.2. The van der Waals surface area contributed by atoms with Crippen LogP contribution in [-0.2, 0) is 11.8 Å². The summed E-state index contributed by atoms with van der Waals surface area (Å²) >= 11 is 1.46. The van der Waals surface area contributed by atoms with Gasteiger partial charge in [0.15, 0.2) is 0 Å². The Labute approximate surface area is 181 Å². The molecule has 0 radical (unpaired) electrons. The third kappa shape index (κ3) is 4.10. The molecule has 1 aliphatic rings. The van der Waals surface area contributed by atoms with Crippen LogP contribution in [0.25, 0.3) is 10.9 Å². The van der Waals surface area contributed by atoms with Crippen molar-refractivity contribution in [1.29, 1.82) is 0 Å². The van der Waals surface area contributed by atoms with Crippen LogP contribution in [0.1, 0.15) is 12.5 Å². The average Bonchev–Trinajstić information content (AvgIpc) is 2.76. The summed E-state index contributed by atoms with van der Waals surface area (Å²) in [5, 5.41) is 1.01. The molecule has 1 aliphatic heterocycles. The van der Waals surface area contributed by atoms with E-state index in [-0.39, 0.29) is 17.5 Å². The van der Waals surface area contributed by atoms with Crippen LogP contribution in [0.5, 0.6) is 0 Å². The number of anilines is 1. The Hall–Kier alpha value is -2.73. The fourth-order valence-electron chi connectivity index (χ4n) is 4.03. The van der Waals surface area contributed by atoms with E-state index in [1.54, 1.807) is 17.7 Å². The highest BCUT2D eigenvalue weighted by molar-refractivity contribution is 8.00. The number of amides is 1. The van der Waals surface area contributed by atoms with Gasteiger partial charge >= 0.3 is 0 Å². The molecule has 4 rings (SSSR count). The zero-order valence-electron chi connectivity index (χ0n) is 17.7. The second-order valence-corrected chi connectivity index (χ2v) is 8.95. The Bertz CT molecular complexity index is 1120. The number of nitrogens with zero attached hydrogens (tertiary/aromatic N) is 3. The van der Waals surface area contributed by atoms with Crippen molar-refractivity contribution < 1.29 is 4.79 Å². The molecule has 0 aliphatic carbocycles. The molecule has 2 heterocycles. The minimum atomic E-state index is -0.0519. The first kappa shape index (κ1) is 20.5. The van der Waals surface area contributed by atoms with E-state index in [4.69, 9.17) is 0 Å². The predicted molar refractivity (Wildman–Crippen MR) is 124 cm³/mol. The van der Waals surface area contributed by atoms with Gasteiger partial charge in [0.25, 0.3) is 5.56 Å². The lowest BCUT2D eigenvalue weighted by Gasteiger charge is -2.41. The van der Waals surface area contributed by atoms with E-state index in [1.807, 2.05) is 29.2 Å². The SMILES string of the molecule is Cc1ccc(N2CCN(C(=O)CSc3cc(=O)n(C)c4ccccc34)C[C@@H]2C)cc1. The lowest BCUT2D eigenvalue weighted by molar-refractivity contribution is -0.129. The summed E-state index contributed by atoms with van der Waals surface area (Å²) in [5.74, 6) is 0.467. The van der Waals surface area contributed by atoms with E-state index in [0.717, 1.165) is 28.9 Å². The molecule has 3 aromatic rings.